The maximum absolute atomic E-state index is 14.1. The van der Waals surface area contributed by atoms with Gasteiger partial charge in [-0.25, -0.2) is 22.6 Å². The van der Waals surface area contributed by atoms with Gasteiger partial charge >= 0.3 is 5.97 Å². The second-order valence-corrected chi connectivity index (χ2v) is 8.03. The summed E-state index contributed by atoms with van der Waals surface area (Å²) in [6, 6.07) is 2.07. The van der Waals surface area contributed by atoms with Crippen LogP contribution in [-0.4, -0.2) is 24.5 Å². The molecule has 0 bridgehead atoms. The van der Waals surface area contributed by atoms with Crippen molar-refractivity contribution in [3.8, 4) is 0 Å². The zero-order chi connectivity index (χ0) is 15.8. The highest BCUT2D eigenvalue weighted by atomic mass is 79.9. The molecule has 2 rings (SSSR count). The van der Waals surface area contributed by atoms with Crippen LogP contribution in [0.3, 0.4) is 0 Å². The molecule has 9 heteroatoms. The van der Waals surface area contributed by atoms with E-state index in [-0.39, 0.29) is 4.47 Å². The first-order valence-electron chi connectivity index (χ1n) is 5.57. The molecule has 0 unspecified atom stereocenters. The number of carboxylic acid groups (broad SMARTS) is 1. The van der Waals surface area contributed by atoms with Crippen LogP contribution < -0.4 is 0 Å². The van der Waals surface area contributed by atoms with Gasteiger partial charge in [0.15, 0.2) is 15.7 Å². The van der Waals surface area contributed by atoms with E-state index in [9.17, 15) is 17.6 Å². The highest BCUT2D eigenvalue weighted by Crippen LogP contribution is 2.27. The lowest BCUT2D eigenvalue weighted by atomic mass is 10.2. The highest BCUT2D eigenvalue weighted by Gasteiger charge is 2.26. The van der Waals surface area contributed by atoms with Gasteiger partial charge in [0.05, 0.1) is 5.56 Å². The van der Waals surface area contributed by atoms with Crippen LogP contribution in [0.25, 0.3) is 0 Å². The molecule has 0 aliphatic carbocycles. The number of nitrogens with zero attached hydrogens (tertiary/aromatic N) is 1. The number of aromatic carboxylic acids is 1. The Balaban J connectivity index is 2.52. The van der Waals surface area contributed by atoms with Gasteiger partial charge in [0, 0.05) is 15.5 Å². The van der Waals surface area contributed by atoms with Crippen LogP contribution in [0.1, 0.15) is 21.1 Å². The molecule has 0 radical (unpaired) electrons. The third-order valence-electron chi connectivity index (χ3n) is 2.55. The van der Waals surface area contributed by atoms with Crippen LogP contribution >= 0.6 is 27.3 Å². The number of carboxylic acids is 1. The molecule has 1 heterocycles. The van der Waals surface area contributed by atoms with Gasteiger partial charge in [0.1, 0.15) is 15.7 Å². The number of rotatable bonds is 4. The maximum Gasteiger partial charge on any atom is 0.338 e. The van der Waals surface area contributed by atoms with E-state index in [0.29, 0.717) is 10.7 Å². The smallest absolute Gasteiger partial charge is 0.338 e. The van der Waals surface area contributed by atoms with Crippen molar-refractivity contribution in [1.82, 2.24) is 4.98 Å². The Kier molecular flexibility index (Phi) is 4.45. The average Bonchev–Trinajstić information content (AvgIpc) is 2.76. The van der Waals surface area contributed by atoms with Gasteiger partial charge < -0.3 is 5.11 Å². The topological polar surface area (TPSA) is 84.3 Å². The lowest BCUT2D eigenvalue weighted by Gasteiger charge is -2.07. The van der Waals surface area contributed by atoms with Crippen molar-refractivity contribution in [2.24, 2.45) is 0 Å². The Labute approximate surface area is 132 Å². The minimum atomic E-state index is -4.03. The van der Waals surface area contributed by atoms with Crippen molar-refractivity contribution in [1.29, 1.82) is 0 Å². The van der Waals surface area contributed by atoms with Crippen molar-refractivity contribution >= 4 is 43.1 Å². The summed E-state index contributed by atoms with van der Waals surface area (Å²) in [6.45, 7) is 1.72. The fourth-order valence-electron chi connectivity index (χ4n) is 1.66. The fourth-order valence-corrected chi connectivity index (χ4v) is 4.79. The number of aromatic nitrogens is 1. The molecule has 2 aromatic rings. The summed E-state index contributed by atoms with van der Waals surface area (Å²) in [5, 5.41) is 10.9. The molecule has 0 saturated heterocycles. The quantitative estimate of drug-likeness (QED) is 0.862. The average molecular weight is 394 g/mol. The first-order valence-corrected chi connectivity index (χ1v) is 8.89. The molecule has 21 heavy (non-hydrogen) atoms. The van der Waals surface area contributed by atoms with Gasteiger partial charge in [-0.15, -0.1) is 11.3 Å². The number of halogens is 2. The summed E-state index contributed by atoms with van der Waals surface area (Å²) in [4.78, 5) is 14.3. The van der Waals surface area contributed by atoms with Crippen molar-refractivity contribution in [2.45, 2.75) is 17.6 Å². The number of hydrogen-bond acceptors (Lipinski definition) is 5. The Bertz CT molecular complexity index is 817. The molecule has 0 atom stereocenters. The number of thiazole rings is 1. The molecule has 0 aliphatic heterocycles. The van der Waals surface area contributed by atoms with Crippen molar-refractivity contribution in [3.05, 3.63) is 44.1 Å². The summed E-state index contributed by atoms with van der Waals surface area (Å²) in [6.07, 6.45) is 0. The number of hydrogen-bond donors (Lipinski definition) is 1. The third-order valence-corrected chi connectivity index (χ3v) is 5.78. The second kappa shape index (κ2) is 5.82. The van der Waals surface area contributed by atoms with Gasteiger partial charge in [-0.3, -0.25) is 0 Å². The lowest BCUT2D eigenvalue weighted by Crippen LogP contribution is -2.11. The molecule has 0 aliphatic rings. The molecule has 0 saturated carbocycles. The maximum atomic E-state index is 14.1. The fraction of sp³-hybridized carbons (Fsp3) is 0.167. The van der Waals surface area contributed by atoms with Gasteiger partial charge in [-0.2, -0.15) is 0 Å². The highest BCUT2D eigenvalue weighted by molar-refractivity contribution is 9.10. The summed E-state index contributed by atoms with van der Waals surface area (Å²) in [5.41, 5.74) is -0.0237. The Morgan fingerprint density at radius 2 is 2.14 bits per heavy atom. The predicted octanol–water partition coefficient (Wildman–Crippen LogP) is 3.03. The molecule has 1 aromatic heterocycles. The normalized spacial score (nSPS) is 11.6. The summed E-state index contributed by atoms with van der Waals surface area (Å²) < 4.78 is 38.8. The molecule has 112 valence electrons. The largest absolute Gasteiger partial charge is 0.478 e. The van der Waals surface area contributed by atoms with E-state index in [2.05, 4.69) is 20.9 Å². The zero-order valence-corrected chi connectivity index (χ0v) is 13.8. The van der Waals surface area contributed by atoms with E-state index in [1.165, 1.54) is 0 Å². The van der Waals surface area contributed by atoms with Gasteiger partial charge in [0.25, 0.3) is 0 Å². The van der Waals surface area contributed by atoms with Crippen LogP contribution in [0.5, 0.6) is 0 Å². The standard InChI is InChI=1S/C12H9BrFNO4S2/c1-6-4-20-10(15-6)5-21(18,19)9-3-7(13)2-8(11(9)14)12(16)17/h2-4H,5H2,1H3,(H,16,17). The Morgan fingerprint density at radius 1 is 1.48 bits per heavy atom. The number of aryl methyl sites for hydroxylation is 1. The van der Waals surface area contributed by atoms with Gasteiger partial charge in [-0.05, 0) is 19.1 Å². The van der Waals surface area contributed by atoms with Crippen molar-refractivity contribution in [2.75, 3.05) is 0 Å². The summed E-state index contributed by atoms with van der Waals surface area (Å²) >= 11 is 4.14. The first kappa shape index (κ1) is 16.1. The van der Waals surface area contributed by atoms with Crippen LogP contribution in [0.4, 0.5) is 4.39 Å². The summed E-state index contributed by atoms with van der Waals surface area (Å²) in [5.74, 6) is -3.27. The zero-order valence-electron chi connectivity index (χ0n) is 10.6. The SMILES string of the molecule is Cc1csc(CS(=O)(=O)c2cc(Br)cc(C(=O)O)c2F)n1. The Hall–Kier alpha value is -1.32. The lowest BCUT2D eigenvalue weighted by molar-refractivity contribution is 0.0691. The molecular formula is C12H9BrFNO4S2. The predicted molar refractivity (Wildman–Crippen MR) is 78.8 cm³/mol. The minimum Gasteiger partial charge on any atom is -0.478 e. The van der Waals surface area contributed by atoms with Crippen molar-refractivity contribution in [3.63, 3.8) is 0 Å². The van der Waals surface area contributed by atoms with E-state index in [4.69, 9.17) is 5.11 Å². The van der Waals surface area contributed by atoms with Gasteiger partial charge in [0.2, 0.25) is 0 Å². The molecular weight excluding hydrogens is 385 g/mol. The first-order chi connectivity index (χ1) is 9.70. The van der Waals surface area contributed by atoms with E-state index >= 15 is 0 Å². The van der Waals surface area contributed by atoms with Gasteiger partial charge in [-0.1, -0.05) is 15.9 Å². The van der Waals surface area contributed by atoms with E-state index in [0.717, 1.165) is 23.5 Å². The van der Waals surface area contributed by atoms with Crippen LogP contribution in [-0.2, 0) is 15.6 Å². The molecule has 0 spiro atoms. The molecule has 1 aromatic carbocycles. The van der Waals surface area contributed by atoms with E-state index in [1.54, 1.807) is 12.3 Å². The number of sulfone groups is 1. The molecule has 0 fully saturated rings. The number of benzene rings is 1. The minimum absolute atomic E-state index is 0.176. The third kappa shape index (κ3) is 3.47. The monoisotopic (exact) mass is 393 g/mol. The molecule has 0 amide bonds. The van der Waals surface area contributed by atoms with E-state index in [1.807, 2.05) is 0 Å². The number of carbonyl (C=O) groups is 1. The molecule has 5 nitrogen and oxygen atoms in total. The van der Waals surface area contributed by atoms with E-state index < -0.39 is 37.8 Å². The van der Waals surface area contributed by atoms with Crippen LogP contribution in [0, 0.1) is 12.7 Å². The van der Waals surface area contributed by atoms with Crippen molar-refractivity contribution < 1.29 is 22.7 Å². The molecule has 1 N–H and O–H groups in total. The van der Waals surface area contributed by atoms with Crippen LogP contribution in [0.2, 0.25) is 0 Å². The van der Waals surface area contributed by atoms with Crippen LogP contribution in [0.15, 0.2) is 26.9 Å². The Morgan fingerprint density at radius 3 is 2.67 bits per heavy atom. The summed E-state index contributed by atoms with van der Waals surface area (Å²) in [7, 11) is -4.03. The second-order valence-electron chi connectivity index (χ2n) is 4.21.